The second-order valence-corrected chi connectivity index (χ2v) is 7.65. The van der Waals surface area contributed by atoms with Crippen molar-refractivity contribution in [2.24, 2.45) is 11.7 Å². The number of carbonyl (C=O) groups is 1. The van der Waals surface area contributed by atoms with Gasteiger partial charge in [-0.15, -0.1) is 0 Å². The van der Waals surface area contributed by atoms with Gasteiger partial charge in [0, 0.05) is 19.8 Å². The Morgan fingerprint density at radius 3 is 2.33 bits per heavy atom. The molecule has 1 atom stereocenters. The summed E-state index contributed by atoms with van der Waals surface area (Å²) in [4.78, 5) is 12.1. The first-order valence-electron chi connectivity index (χ1n) is 6.67. The summed E-state index contributed by atoms with van der Waals surface area (Å²) in [6.07, 6.45) is 0. The lowest BCUT2D eigenvalue weighted by molar-refractivity contribution is -0.118. The number of amides is 1. The Morgan fingerprint density at radius 1 is 1.29 bits per heavy atom. The predicted octanol–water partition coefficient (Wildman–Crippen LogP) is 1.17. The van der Waals surface area contributed by atoms with Crippen molar-refractivity contribution in [2.45, 2.75) is 31.7 Å². The summed E-state index contributed by atoms with van der Waals surface area (Å²) in [7, 11) is -0.618. The Kier molecular flexibility index (Phi) is 5.49. The molecule has 1 aromatic rings. The number of nitrogens with zero attached hydrogens (tertiary/aromatic N) is 1. The van der Waals surface area contributed by atoms with Gasteiger partial charge in [0.15, 0.2) is 0 Å². The number of hydrogen-bond acceptors (Lipinski definition) is 4. The zero-order valence-corrected chi connectivity index (χ0v) is 13.9. The fraction of sp³-hybridized carbons (Fsp3) is 0.500. The summed E-state index contributed by atoms with van der Waals surface area (Å²) in [5, 5.41) is 2.65. The standard InChI is InChI=1S/C14H23N3O3S/c1-9(2)13(15)14(18)16-11-7-6-10(3)12(8-11)21(19,20)17(4)5/h6-9,13H,15H2,1-5H3,(H,16,18)/t13-/m0/s1. The van der Waals surface area contributed by atoms with Gasteiger partial charge in [-0.05, 0) is 30.5 Å². The van der Waals surface area contributed by atoms with E-state index in [1.807, 2.05) is 13.8 Å². The number of benzene rings is 1. The smallest absolute Gasteiger partial charge is 0.242 e. The molecule has 0 radical (unpaired) electrons. The Labute approximate surface area is 126 Å². The van der Waals surface area contributed by atoms with Crippen LogP contribution in [0, 0.1) is 12.8 Å². The Bertz CT molecular complexity index is 624. The SMILES string of the molecule is Cc1ccc(NC(=O)[C@@H](N)C(C)C)cc1S(=O)(=O)N(C)C. The third kappa shape index (κ3) is 4.03. The number of carbonyl (C=O) groups excluding carboxylic acids is 1. The number of anilines is 1. The molecule has 0 unspecified atom stereocenters. The summed E-state index contributed by atoms with van der Waals surface area (Å²) in [5.74, 6) is -0.331. The number of hydrogen-bond donors (Lipinski definition) is 2. The molecule has 1 amide bonds. The van der Waals surface area contributed by atoms with Gasteiger partial charge in [-0.25, -0.2) is 12.7 Å². The minimum absolute atomic E-state index is 0.000395. The molecule has 0 aliphatic heterocycles. The normalized spacial score (nSPS) is 13.5. The lowest BCUT2D eigenvalue weighted by atomic mass is 10.0. The molecule has 0 fully saturated rings. The van der Waals surface area contributed by atoms with E-state index in [1.54, 1.807) is 19.1 Å². The highest BCUT2D eigenvalue weighted by Crippen LogP contribution is 2.22. The maximum atomic E-state index is 12.2. The molecule has 0 heterocycles. The minimum atomic E-state index is -3.55. The Balaban J connectivity index is 3.12. The molecule has 3 N–H and O–H groups in total. The topological polar surface area (TPSA) is 92.5 Å². The van der Waals surface area contributed by atoms with Gasteiger partial charge in [0.2, 0.25) is 15.9 Å². The van der Waals surface area contributed by atoms with E-state index >= 15 is 0 Å². The highest BCUT2D eigenvalue weighted by molar-refractivity contribution is 7.89. The minimum Gasteiger partial charge on any atom is -0.325 e. The lowest BCUT2D eigenvalue weighted by Crippen LogP contribution is -2.39. The molecule has 118 valence electrons. The second-order valence-electron chi connectivity index (χ2n) is 5.53. The molecule has 0 spiro atoms. The van der Waals surface area contributed by atoms with E-state index in [9.17, 15) is 13.2 Å². The summed E-state index contributed by atoms with van der Waals surface area (Å²) in [6.45, 7) is 5.41. The first-order valence-corrected chi connectivity index (χ1v) is 8.11. The van der Waals surface area contributed by atoms with Gasteiger partial charge in [-0.1, -0.05) is 19.9 Å². The number of rotatable bonds is 5. The fourth-order valence-corrected chi connectivity index (χ4v) is 2.83. The molecule has 1 rings (SSSR count). The third-order valence-corrected chi connectivity index (χ3v) is 5.19. The van der Waals surface area contributed by atoms with Crippen molar-refractivity contribution in [3.8, 4) is 0 Å². The lowest BCUT2D eigenvalue weighted by Gasteiger charge is -2.17. The second kappa shape index (κ2) is 6.55. The van der Waals surface area contributed by atoms with Crippen LogP contribution in [-0.4, -0.2) is 38.8 Å². The zero-order chi connectivity index (χ0) is 16.4. The van der Waals surface area contributed by atoms with Gasteiger partial charge in [-0.2, -0.15) is 0 Å². The molecule has 7 heteroatoms. The number of nitrogens with two attached hydrogens (primary N) is 1. The van der Waals surface area contributed by atoms with Crippen LogP contribution in [0.5, 0.6) is 0 Å². The van der Waals surface area contributed by atoms with Crippen molar-refractivity contribution >= 4 is 21.6 Å². The monoisotopic (exact) mass is 313 g/mol. The molecule has 0 aliphatic carbocycles. The molecule has 0 saturated carbocycles. The van der Waals surface area contributed by atoms with Crippen LogP contribution in [0.15, 0.2) is 23.1 Å². The summed E-state index contributed by atoms with van der Waals surface area (Å²) < 4.78 is 25.6. The average Bonchev–Trinajstić information content (AvgIpc) is 2.39. The first kappa shape index (κ1) is 17.6. The van der Waals surface area contributed by atoms with Gasteiger partial charge in [-0.3, -0.25) is 4.79 Å². The van der Waals surface area contributed by atoms with Gasteiger partial charge in [0.1, 0.15) is 0 Å². The quantitative estimate of drug-likeness (QED) is 0.853. The zero-order valence-electron chi connectivity index (χ0n) is 13.0. The Hall–Kier alpha value is -1.44. The van der Waals surface area contributed by atoms with Crippen LogP contribution in [0.4, 0.5) is 5.69 Å². The van der Waals surface area contributed by atoms with E-state index < -0.39 is 16.1 Å². The van der Waals surface area contributed by atoms with Crippen LogP contribution in [0.25, 0.3) is 0 Å². The molecular formula is C14H23N3O3S. The van der Waals surface area contributed by atoms with Crippen LogP contribution < -0.4 is 11.1 Å². The molecule has 0 aromatic heterocycles. The van der Waals surface area contributed by atoms with Gasteiger partial charge >= 0.3 is 0 Å². The third-order valence-electron chi connectivity index (χ3n) is 3.24. The van der Waals surface area contributed by atoms with Crippen molar-refractivity contribution in [1.82, 2.24) is 4.31 Å². The van der Waals surface area contributed by atoms with Crippen LogP contribution in [-0.2, 0) is 14.8 Å². The predicted molar refractivity (Wildman–Crippen MR) is 83.5 cm³/mol. The van der Waals surface area contributed by atoms with E-state index in [4.69, 9.17) is 5.73 Å². The summed E-state index contributed by atoms with van der Waals surface area (Å²) >= 11 is 0. The van der Waals surface area contributed by atoms with Crippen molar-refractivity contribution < 1.29 is 13.2 Å². The van der Waals surface area contributed by atoms with Crippen molar-refractivity contribution in [3.05, 3.63) is 23.8 Å². The molecule has 1 aromatic carbocycles. The van der Waals surface area contributed by atoms with Crippen LogP contribution in [0.1, 0.15) is 19.4 Å². The van der Waals surface area contributed by atoms with Crippen molar-refractivity contribution in [3.63, 3.8) is 0 Å². The van der Waals surface area contributed by atoms with Crippen LogP contribution >= 0.6 is 0 Å². The van der Waals surface area contributed by atoms with Gasteiger partial charge in [0.25, 0.3) is 0 Å². The molecular weight excluding hydrogens is 290 g/mol. The highest BCUT2D eigenvalue weighted by atomic mass is 32.2. The van der Waals surface area contributed by atoms with Gasteiger partial charge in [0.05, 0.1) is 10.9 Å². The number of sulfonamides is 1. The number of aryl methyl sites for hydroxylation is 1. The van der Waals surface area contributed by atoms with E-state index in [2.05, 4.69) is 5.32 Å². The van der Waals surface area contributed by atoms with Crippen LogP contribution in [0.2, 0.25) is 0 Å². The summed E-state index contributed by atoms with van der Waals surface area (Å²) in [5.41, 5.74) is 6.81. The maximum absolute atomic E-state index is 12.2. The molecule has 6 nitrogen and oxygen atoms in total. The molecule has 0 aliphatic rings. The van der Waals surface area contributed by atoms with E-state index in [0.717, 1.165) is 4.31 Å². The highest BCUT2D eigenvalue weighted by Gasteiger charge is 2.22. The molecule has 0 saturated heterocycles. The van der Waals surface area contributed by atoms with E-state index in [-0.39, 0.29) is 16.7 Å². The van der Waals surface area contributed by atoms with Crippen LogP contribution in [0.3, 0.4) is 0 Å². The average molecular weight is 313 g/mol. The fourth-order valence-electron chi connectivity index (χ4n) is 1.68. The molecule has 21 heavy (non-hydrogen) atoms. The molecule has 0 bridgehead atoms. The van der Waals surface area contributed by atoms with Gasteiger partial charge < -0.3 is 11.1 Å². The van der Waals surface area contributed by atoms with Crippen molar-refractivity contribution in [1.29, 1.82) is 0 Å². The van der Waals surface area contributed by atoms with E-state index in [0.29, 0.717) is 11.3 Å². The van der Waals surface area contributed by atoms with Crippen molar-refractivity contribution in [2.75, 3.05) is 19.4 Å². The largest absolute Gasteiger partial charge is 0.325 e. The number of nitrogens with one attached hydrogen (secondary N) is 1. The first-order chi connectivity index (χ1) is 9.57. The maximum Gasteiger partial charge on any atom is 0.242 e. The Morgan fingerprint density at radius 2 is 1.86 bits per heavy atom. The van der Waals surface area contributed by atoms with E-state index in [1.165, 1.54) is 20.2 Å². The summed E-state index contributed by atoms with van der Waals surface area (Å²) in [6, 6.07) is 4.14.